The van der Waals surface area contributed by atoms with E-state index in [1.165, 1.54) is 21.8 Å². The van der Waals surface area contributed by atoms with E-state index in [0.29, 0.717) is 11.7 Å². The Morgan fingerprint density at radius 3 is 2.56 bits per heavy atom. The Hall–Kier alpha value is -1.39. The van der Waals surface area contributed by atoms with Crippen molar-refractivity contribution in [3.63, 3.8) is 0 Å². The number of hydrogen-bond donors (Lipinski definition) is 2. The van der Waals surface area contributed by atoms with E-state index in [9.17, 15) is 0 Å². The Labute approximate surface area is 99.1 Å². The maximum absolute atomic E-state index is 5.74. The second-order valence-corrected chi connectivity index (χ2v) is 4.84. The van der Waals surface area contributed by atoms with Crippen molar-refractivity contribution in [2.24, 2.45) is 5.73 Å². The zero-order valence-corrected chi connectivity index (χ0v) is 10.1. The molecule has 0 bridgehead atoms. The number of benzene rings is 1. The summed E-state index contributed by atoms with van der Waals surface area (Å²) in [7, 11) is 0. The van der Waals surface area contributed by atoms with E-state index < -0.39 is 0 Å². The van der Waals surface area contributed by atoms with Crippen molar-refractivity contribution < 1.29 is 0 Å². The van der Waals surface area contributed by atoms with E-state index >= 15 is 0 Å². The van der Waals surface area contributed by atoms with Gasteiger partial charge in [0.05, 0.1) is 5.69 Å². The molecule has 0 unspecified atom stereocenters. The lowest BCUT2D eigenvalue weighted by molar-refractivity contribution is 0.986. The molecule has 16 heavy (non-hydrogen) atoms. The van der Waals surface area contributed by atoms with E-state index in [0.717, 1.165) is 17.7 Å². The lowest BCUT2D eigenvalue weighted by Gasteiger charge is -2.01. The molecule has 0 amide bonds. The zero-order valence-electron chi connectivity index (χ0n) is 9.23. The number of hydrogen-bond acceptors (Lipinski definition) is 4. The van der Waals surface area contributed by atoms with Gasteiger partial charge in [0.25, 0.3) is 0 Å². The van der Waals surface area contributed by atoms with Gasteiger partial charge in [0.1, 0.15) is 0 Å². The lowest BCUT2D eigenvalue weighted by atomic mass is 10.1. The minimum absolute atomic E-state index is 0.610. The lowest BCUT2D eigenvalue weighted by Crippen LogP contribution is -2.02. The van der Waals surface area contributed by atoms with Gasteiger partial charge in [-0.05, 0) is 19.9 Å². The smallest absolute Gasteiger partial charge is 0.180 e. The van der Waals surface area contributed by atoms with Gasteiger partial charge in [-0.2, -0.15) is 0 Å². The fourth-order valence-corrected chi connectivity index (χ4v) is 2.48. The summed E-state index contributed by atoms with van der Waals surface area (Å²) in [5.41, 5.74) is 14.7. The van der Waals surface area contributed by atoms with Crippen molar-refractivity contribution in [2.75, 3.05) is 12.3 Å². The fourth-order valence-electron chi connectivity index (χ4n) is 1.61. The van der Waals surface area contributed by atoms with Crippen LogP contribution in [0.5, 0.6) is 0 Å². The summed E-state index contributed by atoms with van der Waals surface area (Å²) >= 11 is 1.52. The Morgan fingerprint density at radius 2 is 1.94 bits per heavy atom. The molecule has 0 radical (unpaired) electrons. The van der Waals surface area contributed by atoms with Crippen molar-refractivity contribution in [2.45, 2.75) is 13.3 Å². The average molecular weight is 233 g/mol. The molecule has 2 rings (SSSR count). The number of nitrogen functional groups attached to an aromatic ring is 1. The average Bonchev–Trinajstić information content (AvgIpc) is 2.61. The Morgan fingerprint density at radius 1 is 1.25 bits per heavy atom. The van der Waals surface area contributed by atoms with Crippen LogP contribution in [-0.2, 0) is 6.42 Å². The third-order valence-corrected chi connectivity index (χ3v) is 3.35. The van der Waals surface area contributed by atoms with Crippen molar-refractivity contribution in [3.05, 3.63) is 34.7 Å². The van der Waals surface area contributed by atoms with Crippen molar-refractivity contribution >= 4 is 16.5 Å². The van der Waals surface area contributed by atoms with Gasteiger partial charge >= 0.3 is 0 Å². The van der Waals surface area contributed by atoms with Crippen LogP contribution in [-0.4, -0.2) is 11.5 Å². The van der Waals surface area contributed by atoms with Gasteiger partial charge in [-0.25, -0.2) is 4.98 Å². The van der Waals surface area contributed by atoms with E-state index in [1.54, 1.807) is 0 Å². The highest BCUT2D eigenvalue weighted by atomic mass is 32.1. The topological polar surface area (TPSA) is 64.9 Å². The Balaban J connectivity index is 2.42. The van der Waals surface area contributed by atoms with Crippen LogP contribution in [0.15, 0.2) is 24.3 Å². The molecule has 84 valence electrons. The first-order valence-corrected chi connectivity index (χ1v) is 6.04. The van der Waals surface area contributed by atoms with Crippen LogP contribution in [0.1, 0.15) is 10.4 Å². The second-order valence-electron chi connectivity index (χ2n) is 3.73. The SMILES string of the molecule is Cc1ccc(-c2nc(N)sc2CCN)cc1. The Bertz CT molecular complexity index is 474. The quantitative estimate of drug-likeness (QED) is 0.854. The fraction of sp³-hybridized carbons (Fsp3) is 0.250. The molecule has 0 saturated heterocycles. The molecule has 4 heteroatoms. The van der Waals surface area contributed by atoms with Gasteiger partial charge in [0.2, 0.25) is 0 Å². The van der Waals surface area contributed by atoms with Gasteiger partial charge in [-0.15, -0.1) is 11.3 Å². The predicted molar refractivity (Wildman–Crippen MR) is 69.5 cm³/mol. The van der Waals surface area contributed by atoms with Crippen molar-refractivity contribution in [3.8, 4) is 11.3 Å². The summed E-state index contributed by atoms with van der Waals surface area (Å²) in [5.74, 6) is 0. The third-order valence-electron chi connectivity index (χ3n) is 2.41. The van der Waals surface area contributed by atoms with Crippen LogP contribution in [0.2, 0.25) is 0 Å². The van der Waals surface area contributed by atoms with Crippen LogP contribution in [0.3, 0.4) is 0 Å². The van der Waals surface area contributed by atoms with Gasteiger partial charge in [0, 0.05) is 10.4 Å². The van der Waals surface area contributed by atoms with Gasteiger partial charge < -0.3 is 11.5 Å². The van der Waals surface area contributed by atoms with Crippen LogP contribution >= 0.6 is 11.3 Å². The van der Waals surface area contributed by atoms with Gasteiger partial charge in [0.15, 0.2) is 5.13 Å². The van der Waals surface area contributed by atoms with Gasteiger partial charge in [-0.3, -0.25) is 0 Å². The first-order chi connectivity index (χ1) is 7.70. The number of aromatic nitrogens is 1. The molecule has 1 aromatic carbocycles. The normalized spacial score (nSPS) is 10.6. The standard InChI is InChI=1S/C12H15N3S/c1-8-2-4-9(5-3-8)11-10(6-7-13)16-12(14)15-11/h2-5H,6-7,13H2,1H3,(H2,14,15). The molecule has 0 aliphatic rings. The van der Waals surface area contributed by atoms with Crippen LogP contribution in [0.4, 0.5) is 5.13 Å². The minimum Gasteiger partial charge on any atom is -0.375 e. The summed E-state index contributed by atoms with van der Waals surface area (Å²) in [6.45, 7) is 2.69. The summed E-state index contributed by atoms with van der Waals surface area (Å²) in [6.07, 6.45) is 0.831. The van der Waals surface area contributed by atoms with Crippen LogP contribution in [0, 0.1) is 6.92 Å². The third kappa shape index (κ3) is 2.23. The van der Waals surface area contributed by atoms with E-state index in [4.69, 9.17) is 11.5 Å². The Kier molecular flexibility index (Phi) is 3.22. The molecule has 0 spiro atoms. The molecule has 0 aliphatic carbocycles. The van der Waals surface area contributed by atoms with Gasteiger partial charge in [-0.1, -0.05) is 29.8 Å². The molecule has 0 fully saturated rings. The maximum Gasteiger partial charge on any atom is 0.180 e. The molecule has 1 heterocycles. The number of aryl methyl sites for hydroxylation is 1. The molecule has 4 N–H and O–H groups in total. The molecule has 0 saturated carbocycles. The predicted octanol–water partition coefficient (Wildman–Crippen LogP) is 2.20. The number of nitrogens with zero attached hydrogens (tertiary/aromatic N) is 1. The summed E-state index contributed by atoms with van der Waals surface area (Å²) in [5, 5.41) is 0.610. The van der Waals surface area contributed by atoms with E-state index in [2.05, 4.69) is 36.2 Å². The largest absolute Gasteiger partial charge is 0.375 e. The number of nitrogens with two attached hydrogens (primary N) is 2. The highest BCUT2D eigenvalue weighted by Gasteiger charge is 2.10. The second kappa shape index (κ2) is 4.63. The number of anilines is 1. The maximum atomic E-state index is 5.74. The molecule has 3 nitrogen and oxygen atoms in total. The number of rotatable bonds is 3. The van der Waals surface area contributed by atoms with Crippen LogP contribution < -0.4 is 11.5 Å². The molecule has 0 atom stereocenters. The molecule has 0 aliphatic heterocycles. The highest BCUT2D eigenvalue weighted by molar-refractivity contribution is 7.15. The van der Waals surface area contributed by atoms with Crippen LogP contribution in [0.25, 0.3) is 11.3 Å². The molecule has 1 aromatic heterocycles. The first-order valence-electron chi connectivity index (χ1n) is 5.23. The first kappa shape index (κ1) is 11.1. The molecular formula is C12H15N3S. The summed E-state index contributed by atoms with van der Waals surface area (Å²) < 4.78 is 0. The zero-order chi connectivity index (χ0) is 11.5. The van der Waals surface area contributed by atoms with Crippen molar-refractivity contribution in [1.29, 1.82) is 0 Å². The monoisotopic (exact) mass is 233 g/mol. The molecule has 2 aromatic rings. The summed E-state index contributed by atoms with van der Waals surface area (Å²) in [6, 6.07) is 8.31. The van der Waals surface area contributed by atoms with E-state index in [-0.39, 0.29) is 0 Å². The highest BCUT2D eigenvalue weighted by Crippen LogP contribution is 2.29. The minimum atomic E-state index is 0.610. The van der Waals surface area contributed by atoms with Crippen molar-refractivity contribution in [1.82, 2.24) is 4.98 Å². The number of thiazole rings is 1. The molecular weight excluding hydrogens is 218 g/mol. The van der Waals surface area contributed by atoms with E-state index in [1.807, 2.05) is 0 Å². The summed E-state index contributed by atoms with van der Waals surface area (Å²) in [4.78, 5) is 5.54.